The van der Waals surface area contributed by atoms with E-state index >= 15 is 0 Å². The molecular formula is C10H23NO2. The third-order valence-corrected chi connectivity index (χ3v) is 1.60. The lowest BCUT2D eigenvalue weighted by atomic mass is 10.1. The normalized spacial score (nSPS) is 14.0. The van der Waals surface area contributed by atoms with Crippen LogP contribution in [-0.4, -0.2) is 29.6 Å². The predicted molar refractivity (Wildman–Crippen MR) is 55.8 cm³/mol. The topological polar surface area (TPSA) is 49.3 Å². The number of nitrogens with one attached hydrogen (secondary N) is 1. The first-order chi connectivity index (χ1) is 6.13. The molecule has 3 heteroatoms. The highest BCUT2D eigenvalue weighted by Crippen LogP contribution is 1.97. The van der Waals surface area contributed by atoms with Crippen molar-refractivity contribution in [2.75, 3.05) is 6.54 Å². The number of likely N-dealkylation sites (N-methyl/N-ethyl adjacent to an activating group) is 1. The minimum Gasteiger partial charge on any atom is -0.391 e. The Bertz CT molecular complexity index is 124. The molecule has 0 aromatic heterocycles. The van der Waals surface area contributed by atoms with Gasteiger partial charge in [-0.05, 0) is 13.5 Å². The summed E-state index contributed by atoms with van der Waals surface area (Å²) in [6.45, 7) is 10.1. The summed E-state index contributed by atoms with van der Waals surface area (Å²) in [4.78, 5) is 11.1. The van der Waals surface area contributed by atoms with Crippen LogP contribution in [-0.2, 0) is 4.79 Å². The molecule has 2 N–H and O–H groups in total. The molecule has 0 aromatic carbocycles. The summed E-state index contributed by atoms with van der Waals surface area (Å²) in [5.41, 5.74) is 0. The molecule has 0 heterocycles. The van der Waals surface area contributed by atoms with E-state index in [9.17, 15) is 4.79 Å². The number of Topliss-reactive ketones (excluding diaryl/α,β-unsaturated/α-hetero) is 1. The van der Waals surface area contributed by atoms with E-state index in [1.165, 1.54) is 0 Å². The zero-order chi connectivity index (χ0) is 10.9. The zero-order valence-electron chi connectivity index (χ0n) is 9.42. The number of rotatable bonds is 5. The quantitative estimate of drug-likeness (QED) is 0.686. The van der Waals surface area contributed by atoms with E-state index in [0.29, 0.717) is 13.0 Å². The first kappa shape index (κ1) is 15.1. The molecule has 0 spiro atoms. The monoisotopic (exact) mass is 189 g/mol. The Morgan fingerprint density at radius 2 is 1.85 bits per heavy atom. The molecule has 0 bridgehead atoms. The van der Waals surface area contributed by atoms with Gasteiger partial charge in [-0.15, -0.1) is 0 Å². The van der Waals surface area contributed by atoms with Crippen LogP contribution < -0.4 is 5.32 Å². The molecule has 0 aliphatic heterocycles. The van der Waals surface area contributed by atoms with Gasteiger partial charge in [-0.1, -0.05) is 27.7 Å². The zero-order valence-corrected chi connectivity index (χ0v) is 9.42. The second-order valence-electron chi connectivity index (χ2n) is 2.60. The number of aliphatic hydroxyl groups is 1. The van der Waals surface area contributed by atoms with Gasteiger partial charge in [0.1, 0.15) is 0 Å². The number of hydrogen-bond donors (Lipinski definition) is 2. The molecule has 80 valence electrons. The maximum Gasteiger partial charge on any atom is 0.152 e. The molecular weight excluding hydrogens is 166 g/mol. The fourth-order valence-electron chi connectivity index (χ4n) is 0.993. The minimum atomic E-state index is -0.595. The van der Waals surface area contributed by atoms with Crippen LogP contribution in [0.4, 0.5) is 0 Å². The minimum absolute atomic E-state index is 0.0712. The summed E-state index contributed by atoms with van der Waals surface area (Å²) >= 11 is 0. The number of hydrogen-bond acceptors (Lipinski definition) is 3. The largest absolute Gasteiger partial charge is 0.391 e. The van der Waals surface area contributed by atoms with Crippen molar-refractivity contribution in [2.45, 2.75) is 53.2 Å². The van der Waals surface area contributed by atoms with Crippen LogP contribution in [0.25, 0.3) is 0 Å². The Hall–Kier alpha value is -0.410. The summed E-state index contributed by atoms with van der Waals surface area (Å²) in [7, 11) is 0. The van der Waals surface area contributed by atoms with Gasteiger partial charge in [-0.3, -0.25) is 4.79 Å². The fraction of sp³-hybridized carbons (Fsp3) is 0.900. The van der Waals surface area contributed by atoms with Gasteiger partial charge in [0, 0.05) is 6.42 Å². The van der Waals surface area contributed by atoms with Crippen molar-refractivity contribution in [2.24, 2.45) is 0 Å². The summed E-state index contributed by atoms with van der Waals surface area (Å²) in [5.74, 6) is 0.0712. The summed E-state index contributed by atoms with van der Waals surface area (Å²) in [5, 5.41) is 12.1. The first-order valence-corrected chi connectivity index (χ1v) is 5.07. The fourth-order valence-corrected chi connectivity index (χ4v) is 0.993. The van der Waals surface area contributed by atoms with E-state index in [4.69, 9.17) is 5.11 Å². The van der Waals surface area contributed by atoms with Crippen LogP contribution in [0.3, 0.4) is 0 Å². The number of carbonyl (C=O) groups excluding carboxylic acids is 1. The molecule has 0 saturated carbocycles. The maximum absolute atomic E-state index is 11.1. The Morgan fingerprint density at radius 1 is 1.38 bits per heavy atom. The van der Waals surface area contributed by atoms with E-state index < -0.39 is 6.10 Å². The average Bonchev–Trinajstić information content (AvgIpc) is 2.15. The number of carbonyl (C=O) groups is 1. The van der Waals surface area contributed by atoms with E-state index in [-0.39, 0.29) is 11.8 Å². The van der Waals surface area contributed by atoms with Crippen molar-refractivity contribution in [1.82, 2.24) is 5.32 Å². The van der Waals surface area contributed by atoms with Gasteiger partial charge in [0.25, 0.3) is 0 Å². The van der Waals surface area contributed by atoms with Gasteiger partial charge in [-0.2, -0.15) is 0 Å². The van der Waals surface area contributed by atoms with Crippen molar-refractivity contribution in [3.63, 3.8) is 0 Å². The molecule has 2 unspecified atom stereocenters. The molecule has 0 aliphatic rings. The van der Waals surface area contributed by atoms with E-state index in [1.807, 2.05) is 20.8 Å². The van der Waals surface area contributed by atoms with E-state index in [0.717, 1.165) is 0 Å². The third kappa shape index (κ3) is 6.72. The lowest BCUT2D eigenvalue weighted by Crippen LogP contribution is -2.44. The van der Waals surface area contributed by atoms with Gasteiger partial charge < -0.3 is 10.4 Å². The number of aliphatic hydroxyl groups excluding tert-OH is 1. The van der Waals surface area contributed by atoms with Crippen LogP contribution in [0.15, 0.2) is 0 Å². The molecule has 2 atom stereocenters. The maximum atomic E-state index is 11.1. The molecule has 0 rings (SSSR count). The van der Waals surface area contributed by atoms with Crippen molar-refractivity contribution in [3.8, 4) is 0 Å². The van der Waals surface area contributed by atoms with Gasteiger partial charge in [0.15, 0.2) is 5.78 Å². The highest BCUT2D eigenvalue weighted by atomic mass is 16.3. The standard InChI is InChI=1S/C8H17NO2.C2H6/c1-4-7(11)8(6(3)10)9-5-2;1-2/h6,8-10H,4-5H2,1-3H3;1-2H3. The van der Waals surface area contributed by atoms with Crippen LogP contribution in [0.5, 0.6) is 0 Å². The summed E-state index contributed by atoms with van der Waals surface area (Å²) in [6.07, 6.45) is -0.120. The van der Waals surface area contributed by atoms with Gasteiger partial charge >= 0.3 is 0 Å². The highest BCUT2D eigenvalue weighted by Gasteiger charge is 2.19. The van der Waals surface area contributed by atoms with E-state index in [1.54, 1.807) is 13.8 Å². The number of ketones is 1. The van der Waals surface area contributed by atoms with Crippen molar-refractivity contribution in [1.29, 1.82) is 0 Å². The second kappa shape index (κ2) is 9.68. The molecule has 3 nitrogen and oxygen atoms in total. The van der Waals surface area contributed by atoms with Crippen LogP contribution >= 0.6 is 0 Å². The van der Waals surface area contributed by atoms with Gasteiger partial charge in [0.05, 0.1) is 12.1 Å². The molecule has 0 aromatic rings. The van der Waals surface area contributed by atoms with Gasteiger partial charge in [-0.25, -0.2) is 0 Å². The molecule has 0 amide bonds. The molecule has 0 fully saturated rings. The van der Waals surface area contributed by atoms with Gasteiger partial charge in [0.2, 0.25) is 0 Å². The molecule has 0 saturated heterocycles. The Morgan fingerprint density at radius 3 is 2.08 bits per heavy atom. The molecule has 0 aliphatic carbocycles. The highest BCUT2D eigenvalue weighted by molar-refractivity contribution is 5.84. The molecule has 13 heavy (non-hydrogen) atoms. The lowest BCUT2D eigenvalue weighted by Gasteiger charge is -2.18. The average molecular weight is 189 g/mol. The third-order valence-electron chi connectivity index (χ3n) is 1.60. The van der Waals surface area contributed by atoms with E-state index in [2.05, 4.69) is 5.32 Å². The summed E-state index contributed by atoms with van der Waals surface area (Å²) in [6, 6.07) is -0.384. The summed E-state index contributed by atoms with van der Waals surface area (Å²) < 4.78 is 0. The predicted octanol–water partition coefficient (Wildman–Crippen LogP) is 1.35. The van der Waals surface area contributed by atoms with Crippen molar-refractivity contribution in [3.05, 3.63) is 0 Å². The van der Waals surface area contributed by atoms with Crippen molar-refractivity contribution >= 4 is 5.78 Å². The molecule has 0 radical (unpaired) electrons. The first-order valence-electron chi connectivity index (χ1n) is 5.07. The van der Waals surface area contributed by atoms with Crippen LogP contribution in [0.1, 0.15) is 41.0 Å². The SMILES string of the molecule is CC.CCNC(C(=O)CC)C(C)O. The Kier molecular flexibility index (Phi) is 11.2. The van der Waals surface area contributed by atoms with Crippen LogP contribution in [0, 0.1) is 0 Å². The Balaban J connectivity index is 0. The van der Waals surface area contributed by atoms with Crippen LogP contribution in [0.2, 0.25) is 0 Å². The smallest absolute Gasteiger partial charge is 0.152 e. The van der Waals surface area contributed by atoms with Crippen molar-refractivity contribution < 1.29 is 9.90 Å². The Labute approximate surface area is 81.5 Å². The lowest BCUT2D eigenvalue weighted by molar-refractivity contribution is -0.123. The second-order valence-corrected chi connectivity index (χ2v) is 2.60.